The van der Waals surface area contributed by atoms with Gasteiger partial charge >= 0.3 is 11.9 Å². The van der Waals surface area contributed by atoms with Gasteiger partial charge in [-0.2, -0.15) is 0 Å². The lowest BCUT2D eigenvalue weighted by molar-refractivity contribution is -0.131. The minimum atomic E-state index is -1.19. The zero-order chi connectivity index (χ0) is 13.3. The Morgan fingerprint density at radius 3 is 2.61 bits per heavy atom. The van der Waals surface area contributed by atoms with Crippen LogP contribution in [0.3, 0.4) is 0 Å². The molecule has 1 heterocycles. The van der Waals surface area contributed by atoms with E-state index < -0.39 is 11.9 Å². The summed E-state index contributed by atoms with van der Waals surface area (Å²) < 4.78 is 15.1. The fourth-order valence-corrected chi connectivity index (χ4v) is 1.76. The molecule has 94 valence electrons. The number of ether oxygens (including phenoxy) is 3. The Morgan fingerprint density at radius 2 is 2.06 bits per heavy atom. The first-order valence-electron chi connectivity index (χ1n) is 5.00. The Balaban J connectivity index is 2.65. The van der Waals surface area contributed by atoms with Crippen LogP contribution in [0, 0.1) is 0 Å². The van der Waals surface area contributed by atoms with Gasteiger partial charge in [-0.15, -0.1) is 0 Å². The predicted molar refractivity (Wildman–Crippen MR) is 60.6 cm³/mol. The molecule has 18 heavy (non-hydrogen) atoms. The molecular formula is C12H10O6. The molecule has 0 saturated heterocycles. The summed E-state index contributed by atoms with van der Waals surface area (Å²) in [5, 5.41) is 8.69. The maximum atomic E-state index is 11.7. The second kappa shape index (κ2) is 4.40. The summed E-state index contributed by atoms with van der Waals surface area (Å²) in [5.41, 5.74) is 0.546. The van der Waals surface area contributed by atoms with E-state index in [4.69, 9.17) is 19.3 Å². The highest BCUT2D eigenvalue weighted by Crippen LogP contribution is 2.41. The van der Waals surface area contributed by atoms with Crippen molar-refractivity contribution in [3.63, 3.8) is 0 Å². The molecule has 1 N–H and O–H groups in total. The normalized spacial score (nSPS) is 15.2. The molecule has 2 rings (SSSR count). The van der Waals surface area contributed by atoms with E-state index in [2.05, 4.69) is 0 Å². The van der Waals surface area contributed by atoms with E-state index in [0.29, 0.717) is 11.3 Å². The number of hydrogen-bond donors (Lipinski definition) is 1. The quantitative estimate of drug-likeness (QED) is 0.643. The Hall–Kier alpha value is -2.50. The fourth-order valence-electron chi connectivity index (χ4n) is 1.76. The largest absolute Gasteiger partial charge is 0.493 e. The van der Waals surface area contributed by atoms with Crippen LogP contribution in [-0.2, 0) is 9.53 Å². The van der Waals surface area contributed by atoms with Crippen LogP contribution in [0.2, 0.25) is 0 Å². The van der Waals surface area contributed by atoms with Crippen LogP contribution in [0.1, 0.15) is 15.9 Å². The molecule has 1 aliphatic heterocycles. The summed E-state index contributed by atoms with van der Waals surface area (Å²) in [7, 11) is 2.84. The first kappa shape index (κ1) is 12.0. The van der Waals surface area contributed by atoms with Gasteiger partial charge in [0, 0.05) is 5.56 Å². The number of esters is 1. The Labute approximate surface area is 102 Å². The number of carboxylic acid groups (broad SMARTS) is 1. The molecule has 0 fully saturated rings. The molecule has 1 aromatic carbocycles. The van der Waals surface area contributed by atoms with E-state index in [0.717, 1.165) is 6.08 Å². The molecule has 1 aromatic rings. The van der Waals surface area contributed by atoms with Gasteiger partial charge in [0.25, 0.3) is 0 Å². The lowest BCUT2D eigenvalue weighted by Crippen LogP contribution is -2.00. The van der Waals surface area contributed by atoms with Gasteiger partial charge in [0.1, 0.15) is 11.3 Å². The van der Waals surface area contributed by atoms with E-state index >= 15 is 0 Å². The average molecular weight is 250 g/mol. The topological polar surface area (TPSA) is 82.1 Å². The standard InChI is InChI=1S/C12H10O6/c1-16-7-4-3-6-8(5-9(13)14)18-12(15)10(6)11(7)17-2/h3-5H,1-2H3,(H,13,14)/b8-5+. The Morgan fingerprint density at radius 1 is 1.33 bits per heavy atom. The van der Waals surface area contributed by atoms with Gasteiger partial charge in [0.15, 0.2) is 11.5 Å². The molecule has 0 saturated carbocycles. The van der Waals surface area contributed by atoms with Crippen LogP contribution in [0.15, 0.2) is 18.2 Å². The van der Waals surface area contributed by atoms with Crippen molar-refractivity contribution in [2.24, 2.45) is 0 Å². The maximum Gasteiger partial charge on any atom is 0.348 e. The van der Waals surface area contributed by atoms with Crippen molar-refractivity contribution in [3.8, 4) is 11.5 Å². The third-order valence-corrected chi connectivity index (χ3v) is 2.47. The molecule has 0 aromatic heterocycles. The molecule has 1 aliphatic rings. The van der Waals surface area contributed by atoms with Crippen LogP contribution >= 0.6 is 0 Å². The monoisotopic (exact) mass is 250 g/mol. The van der Waals surface area contributed by atoms with Crippen molar-refractivity contribution >= 4 is 17.7 Å². The van der Waals surface area contributed by atoms with Gasteiger partial charge < -0.3 is 19.3 Å². The molecule has 0 bridgehead atoms. The number of carbonyl (C=O) groups is 2. The highest BCUT2D eigenvalue weighted by molar-refractivity contribution is 6.08. The van der Waals surface area contributed by atoms with Gasteiger partial charge in [-0.3, -0.25) is 0 Å². The van der Waals surface area contributed by atoms with Crippen LogP contribution in [0.5, 0.6) is 11.5 Å². The summed E-state index contributed by atoms with van der Waals surface area (Å²) in [6, 6.07) is 3.13. The summed E-state index contributed by atoms with van der Waals surface area (Å²) in [5.74, 6) is -1.25. The molecular weight excluding hydrogens is 240 g/mol. The molecule has 0 unspecified atom stereocenters. The smallest absolute Gasteiger partial charge is 0.348 e. The van der Waals surface area contributed by atoms with E-state index in [1.54, 1.807) is 12.1 Å². The van der Waals surface area contributed by atoms with Crippen molar-refractivity contribution in [3.05, 3.63) is 29.3 Å². The number of cyclic esters (lactones) is 1. The fraction of sp³-hybridized carbons (Fsp3) is 0.167. The van der Waals surface area contributed by atoms with Crippen LogP contribution in [-0.4, -0.2) is 31.3 Å². The van der Waals surface area contributed by atoms with Gasteiger partial charge in [0.2, 0.25) is 0 Å². The van der Waals surface area contributed by atoms with Crippen molar-refractivity contribution in [2.75, 3.05) is 14.2 Å². The molecule has 0 spiro atoms. The first-order chi connectivity index (χ1) is 8.58. The summed E-state index contributed by atoms with van der Waals surface area (Å²) in [6.45, 7) is 0. The lowest BCUT2D eigenvalue weighted by Gasteiger charge is -2.09. The van der Waals surface area contributed by atoms with Crippen LogP contribution in [0.25, 0.3) is 5.76 Å². The van der Waals surface area contributed by atoms with E-state index in [-0.39, 0.29) is 17.1 Å². The molecule has 0 atom stereocenters. The number of carbonyl (C=O) groups excluding carboxylic acids is 1. The minimum Gasteiger partial charge on any atom is -0.493 e. The average Bonchev–Trinajstić information content (AvgIpc) is 2.64. The first-order valence-corrected chi connectivity index (χ1v) is 5.00. The van der Waals surface area contributed by atoms with E-state index in [1.165, 1.54) is 14.2 Å². The van der Waals surface area contributed by atoms with Crippen molar-refractivity contribution < 1.29 is 28.9 Å². The highest BCUT2D eigenvalue weighted by Gasteiger charge is 2.32. The zero-order valence-electron chi connectivity index (χ0n) is 9.72. The third kappa shape index (κ3) is 1.77. The maximum absolute atomic E-state index is 11.7. The van der Waals surface area contributed by atoms with E-state index in [9.17, 15) is 9.59 Å². The molecule has 0 aliphatic carbocycles. The lowest BCUT2D eigenvalue weighted by atomic mass is 10.1. The van der Waals surface area contributed by atoms with Gasteiger partial charge in [-0.25, -0.2) is 9.59 Å². The molecule has 0 amide bonds. The second-order valence-electron chi connectivity index (χ2n) is 3.46. The molecule has 0 radical (unpaired) electrons. The summed E-state index contributed by atoms with van der Waals surface area (Å²) in [6.07, 6.45) is 0.829. The summed E-state index contributed by atoms with van der Waals surface area (Å²) in [4.78, 5) is 22.3. The van der Waals surface area contributed by atoms with E-state index in [1.807, 2.05) is 0 Å². The van der Waals surface area contributed by atoms with Gasteiger partial charge in [-0.1, -0.05) is 0 Å². The van der Waals surface area contributed by atoms with Gasteiger partial charge in [0.05, 0.1) is 20.3 Å². The number of methoxy groups -OCH3 is 2. The SMILES string of the molecule is COc1ccc2c(c1OC)C(=O)O/C2=C/C(=O)O. The van der Waals surface area contributed by atoms with Crippen LogP contribution in [0.4, 0.5) is 0 Å². The predicted octanol–water partition coefficient (Wildman–Crippen LogP) is 1.30. The molecule has 6 nitrogen and oxygen atoms in total. The van der Waals surface area contributed by atoms with Gasteiger partial charge in [-0.05, 0) is 12.1 Å². The second-order valence-corrected chi connectivity index (χ2v) is 3.46. The highest BCUT2D eigenvalue weighted by atomic mass is 16.5. The third-order valence-electron chi connectivity index (χ3n) is 2.47. The zero-order valence-corrected chi connectivity index (χ0v) is 9.72. The number of fused-ring (bicyclic) bond motifs is 1. The number of rotatable bonds is 3. The van der Waals surface area contributed by atoms with Crippen molar-refractivity contribution in [1.82, 2.24) is 0 Å². The van der Waals surface area contributed by atoms with Crippen molar-refractivity contribution in [1.29, 1.82) is 0 Å². The number of hydrogen-bond acceptors (Lipinski definition) is 5. The summed E-state index contributed by atoms with van der Waals surface area (Å²) >= 11 is 0. The number of aliphatic carboxylic acids is 1. The number of benzene rings is 1. The molecule has 6 heteroatoms. The minimum absolute atomic E-state index is 0.0107. The van der Waals surface area contributed by atoms with Crippen molar-refractivity contribution in [2.45, 2.75) is 0 Å². The van der Waals surface area contributed by atoms with Crippen LogP contribution < -0.4 is 9.47 Å². The Kier molecular flexibility index (Phi) is 2.93. The Bertz CT molecular complexity index is 558. The number of carboxylic acids is 1.